The molecule has 0 radical (unpaired) electrons. The summed E-state index contributed by atoms with van der Waals surface area (Å²) in [5.74, 6) is 1.85. The van der Waals surface area contributed by atoms with E-state index in [1.807, 2.05) is 56.4 Å². The topological polar surface area (TPSA) is 51.6 Å². The number of rotatable bonds is 6. The lowest BCUT2D eigenvalue weighted by molar-refractivity contribution is 1.07. The maximum Gasteiger partial charge on any atom is 0.164 e. The highest BCUT2D eigenvalue weighted by atomic mass is 15.0. The number of hydrogen-bond donors (Lipinski definition) is 0. The third-order valence-corrected chi connectivity index (χ3v) is 11.1. The van der Waals surface area contributed by atoms with Crippen LogP contribution < -0.4 is 0 Å². The van der Waals surface area contributed by atoms with E-state index < -0.39 is 0 Å². The van der Waals surface area contributed by atoms with Crippen LogP contribution in [0.3, 0.4) is 0 Å². The van der Waals surface area contributed by atoms with Crippen molar-refractivity contribution in [3.8, 4) is 67.5 Å². The molecule has 0 unspecified atom stereocenters. The Bertz CT molecular complexity index is 3190. The zero-order chi connectivity index (χ0) is 40.4. The van der Waals surface area contributed by atoms with Crippen molar-refractivity contribution in [2.45, 2.75) is 13.8 Å². The summed E-state index contributed by atoms with van der Waals surface area (Å²) in [6.07, 6.45) is 3.67. The smallest absolute Gasteiger partial charge is 0.164 e. The van der Waals surface area contributed by atoms with Gasteiger partial charge in [0.2, 0.25) is 0 Å². The molecule has 0 atom stereocenters. The van der Waals surface area contributed by atoms with E-state index in [4.69, 9.17) is 15.0 Å². The van der Waals surface area contributed by atoms with Gasteiger partial charge in [-0.05, 0) is 137 Å². The van der Waals surface area contributed by atoms with E-state index in [1.54, 1.807) is 6.20 Å². The molecule has 4 nitrogen and oxygen atoms in total. The van der Waals surface area contributed by atoms with Crippen LogP contribution in [0.2, 0.25) is 0 Å². The fourth-order valence-corrected chi connectivity index (χ4v) is 8.02. The van der Waals surface area contributed by atoms with E-state index >= 15 is 0 Å². The molecule has 0 spiro atoms. The molecule has 0 saturated heterocycles. The van der Waals surface area contributed by atoms with Crippen LogP contribution in [-0.4, -0.2) is 19.9 Å². The van der Waals surface area contributed by atoms with Crippen molar-refractivity contribution in [3.63, 3.8) is 0 Å². The van der Waals surface area contributed by atoms with Gasteiger partial charge in [-0.2, -0.15) is 0 Å². The first kappa shape index (κ1) is 36.5. The normalized spacial score (nSPS) is 11.2. The highest BCUT2D eigenvalue weighted by Gasteiger charge is 2.16. The van der Waals surface area contributed by atoms with Crippen LogP contribution in [0.5, 0.6) is 0 Å². The fraction of sp³-hybridized carbons (Fsp3) is 0.0357. The number of benzene rings is 9. The molecule has 0 N–H and O–H groups in total. The molecule has 2 aromatic heterocycles. The highest BCUT2D eigenvalue weighted by molar-refractivity contribution is 6.01. The predicted octanol–water partition coefficient (Wildman–Crippen LogP) is 14.9. The summed E-state index contributed by atoms with van der Waals surface area (Å²) in [5.41, 5.74) is 9.32. The van der Waals surface area contributed by atoms with Crippen molar-refractivity contribution < 1.29 is 0 Å². The second kappa shape index (κ2) is 15.8. The summed E-state index contributed by atoms with van der Waals surface area (Å²) < 4.78 is 0. The van der Waals surface area contributed by atoms with Gasteiger partial charge in [-0.15, -0.1) is 0 Å². The molecule has 11 aromatic rings. The quantitative estimate of drug-likeness (QED) is 0.158. The fourth-order valence-electron chi connectivity index (χ4n) is 8.02. The first-order valence-corrected chi connectivity index (χ1v) is 20.5. The van der Waals surface area contributed by atoms with Gasteiger partial charge >= 0.3 is 0 Å². The number of fused-ring (bicyclic) bond motifs is 4. The molecule has 4 heteroatoms. The molecule has 284 valence electrons. The average Bonchev–Trinajstić information content (AvgIpc) is 3.33. The first-order valence-electron chi connectivity index (χ1n) is 20.5. The summed E-state index contributed by atoms with van der Waals surface area (Å²) >= 11 is 0. The molecule has 0 aliphatic rings. The van der Waals surface area contributed by atoms with E-state index in [9.17, 15) is 0 Å². The third-order valence-electron chi connectivity index (χ3n) is 11.1. The molecule has 9 aromatic carbocycles. The predicted molar refractivity (Wildman–Crippen MR) is 252 cm³/mol. The van der Waals surface area contributed by atoms with Gasteiger partial charge in [0.15, 0.2) is 17.5 Å². The Labute approximate surface area is 349 Å². The van der Waals surface area contributed by atoms with Gasteiger partial charge in [0.1, 0.15) is 0 Å². The van der Waals surface area contributed by atoms with E-state index in [0.29, 0.717) is 17.5 Å². The lowest BCUT2D eigenvalue weighted by atomic mass is 9.92. The van der Waals surface area contributed by atoms with Crippen molar-refractivity contribution in [1.82, 2.24) is 19.9 Å². The van der Waals surface area contributed by atoms with Crippen LogP contribution in [0.4, 0.5) is 0 Å². The molecule has 11 rings (SSSR count). The zero-order valence-corrected chi connectivity index (χ0v) is 33.4. The average molecular weight is 769 g/mol. The lowest BCUT2D eigenvalue weighted by Gasteiger charge is -2.14. The minimum atomic E-state index is 0.613. The van der Waals surface area contributed by atoms with Crippen molar-refractivity contribution in [2.75, 3.05) is 0 Å². The largest absolute Gasteiger partial charge is 0.264 e. The molecule has 60 heavy (non-hydrogen) atoms. The Balaban J connectivity index is 0.00000213. The van der Waals surface area contributed by atoms with Gasteiger partial charge < -0.3 is 0 Å². The SMILES string of the molecule is CC.c1ccc(-c2nc(-c3ccc(-c4cccnc4)cc3)nc(-c3cc(-c4ccc5cc6ccccc6cc5c4)cc(-c4ccc5cc6ccccc6cc5c4)c3)n2)cc1. The molecule has 0 aliphatic heterocycles. The minimum absolute atomic E-state index is 0.613. The Morgan fingerprint density at radius 2 is 0.633 bits per heavy atom. The molecule has 0 bridgehead atoms. The number of aromatic nitrogens is 4. The van der Waals surface area contributed by atoms with Gasteiger partial charge in [-0.25, -0.2) is 15.0 Å². The summed E-state index contributed by atoms with van der Waals surface area (Å²) in [7, 11) is 0. The van der Waals surface area contributed by atoms with Crippen molar-refractivity contribution >= 4 is 43.1 Å². The molecule has 0 fully saturated rings. The van der Waals surface area contributed by atoms with Crippen LogP contribution in [0.1, 0.15) is 13.8 Å². The maximum absolute atomic E-state index is 5.20. The van der Waals surface area contributed by atoms with Crippen molar-refractivity contribution in [1.29, 1.82) is 0 Å². The van der Waals surface area contributed by atoms with E-state index in [0.717, 1.165) is 50.1 Å². The molecule has 0 amide bonds. The van der Waals surface area contributed by atoms with Gasteiger partial charge in [0.25, 0.3) is 0 Å². The van der Waals surface area contributed by atoms with Crippen molar-refractivity contribution in [2.24, 2.45) is 0 Å². The molecular weight excluding hydrogens is 729 g/mol. The van der Waals surface area contributed by atoms with Crippen LogP contribution in [0.25, 0.3) is 111 Å². The maximum atomic E-state index is 5.20. The Morgan fingerprint density at radius 3 is 1.13 bits per heavy atom. The Kier molecular flexibility index (Phi) is 9.64. The number of hydrogen-bond acceptors (Lipinski definition) is 4. The summed E-state index contributed by atoms with van der Waals surface area (Å²) in [6, 6.07) is 69.0. The van der Waals surface area contributed by atoms with Crippen LogP contribution in [-0.2, 0) is 0 Å². The molecule has 0 aliphatic carbocycles. The van der Waals surface area contributed by atoms with Crippen LogP contribution in [0.15, 0.2) is 207 Å². The molecule has 2 heterocycles. The summed E-state index contributed by atoms with van der Waals surface area (Å²) in [6.45, 7) is 4.00. The monoisotopic (exact) mass is 768 g/mol. The number of pyridine rings is 1. The molecular formula is C56H40N4. The second-order valence-electron chi connectivity index (χ2n) is 14.8. The number of nitrogens with zero attached hydrogens (tertiary/aromatic N) is 4. The second-order valence-corrected chi connectivity index (χ2v) is 14.8. The van der Waals surface area contributed by atoms with Gasteiger partial charge in [0.05, 0.1) is 0 Å². The summed E-state index contributed by atoms with van der Waals surface area (Å²) in [4.78, 5) is 19.7. The van der Waals surface area contributed by atoms with E-state index in [2.05, 4.69) is 163 Å². The lowest BCUT2D eigenvalue weighted by Crippen LogP contribution is -2.00. The molecule has 0 saturated carbocycles. The van der Waals surface area contributed by atoms with Crippen molar-refractivity contribution in [3.05, 3.63) is 207 Å². The Hall–Kier alpha value is -7.82. The van der Waals surface area contributed by atoms with Gasteiger partial charge in [-0.1, -0.05) is 147 Å². The first-order chi connectivity index (χ1) is 29.7. The highest BCUT2D eigenvalue weighted by Crippen LogP contribution is 2.37. The van der Waals surface area contributed by atoms with Crippen LogP contribution in [0, 0.1) is 0 Å². The van der Waals surface area contributed by atoms with Gasteiger partial charge in [-0.3, -0.25) is 4.98 Å². The Morgan fingerprint density at radius 1 is 0.250 bits per heavy atom. The van der Waals surface area contributed by atoms with E-state index in [1.165, 1.54) is 43.1 Å². The van der Waals surface area contributed by atoms with E-state index in [-0.39, 0.29) is 0 Å². The third kappa shape index (κ3) is 7.16. The zero-order valence-electron chi connectivity index (χ0n) is 33.4. The summed E-state index contributed by atoms with van der Waals surface area (Å²) in [5, 5.41) is 9.75. The van der Waals surface area contributed by atoms with Gasteiger partial charge in [0, 0.05) is 29.1 Å². The van der Waals surface area contributed by atoms with Crippen LogP contribution >= 0.6 is 0 Å². The minimum Gasteiger partial charge on any atom is -0.264 e. The standard InChI is InChI=1S/C54H34N4.C2H6/c1-2-9-36(10-3-1)52-56-53(37-18-16-35(17-19-37)46-15-8-24-55-34-46)58-54(57-52)51-32-49(44-22-20-42-25-38-11-4-6-13-40(38)27-47(42)29-44)31-50(33-51)45-23-21-43-26-39-12-5-7-14-41(39)28-48(43)30-45;1-2/h1-34H;1-2H3.